The fraction of sp³-hybridized carbons (Fsp3) is 0.682. The number of carbonyl (C=O) groups is 1. The Bertz CT molecular complexity index is 670. The summed E-state index contributed by atoms with van der Waals surface area (Å²) in [7, 11) is 1.38. The lowest BCUT2D eigenvalue weighted by Crippen LogP contribution is -2.47. The van der Waals surface area contributed by atoms with Gasteiger partial charge in [0.05, 0.1) is 24.4 Å². The first kappa shape index (κ1) is 19.4. The van der Waals surface area contributed by atoms with E-state index in [1.165, 1.54) is 12.7 Å². The Morgan fingerprint density at radius 1 is 1.27 bits per heavy atom. The predicted molar refractivity (Wildman–Crippen MR) is 101 cm³/mol. The van der Waals surface area contributed by atoms with Crippen LogP contribution >= 0.6 is 0 Å². The summed E-state index contributed by atoms with van der Waals surface area (Å²) in [6.07, 6.45) is 6.38. The zero-order valence-electron chi connectivity index (χ0n) is 16.3. The van der Waals surface area contributed by atoms with Crippen LogP contribution in [0.2, 0.25) is 0 Å². The number of esters is 1. The second-order valence-electron chi connectivity index (χ2n) is 8.27. The number of methoxy groups -OCH3 is 1. The van der Waals surface area contributed by atoms with Crippen molar-refractivity contribution in [2.75, 3.05) is 7.11 Å². The van der Waals surface area contributed by atoms with Crippen molar-refractivity contribution in [2.45, 2.75) is 82.3 Å². The van der Waals surface area contributed by atoms with Gasteiger partial charge in [-0.25, -0.2) is 4.79 Å². The van der Waals surface area contributed by atoms with Crippen LogP contribution in [0, 0.1) is 5.92 Å². The van der Waals surface area contributed by atoms with Gasteiger partial charge in [0.15, 0.2) is 0 Å². The van der Waals surface area contributed by atoms with Crippen LogP contribution in [-0.2, 0) is 10.2 Å². The first-order valence-electron chi connectivity index (χ1n) is 10.0. The number of benzene rings is 1. The zero-order valence-corrected chi connectivity index (χ0v) is 16.3. The highest BCUT2D eigenvalue weighted by atomic mass is 16.5. The molecule has 2 aliphatic rings. The van der Waals surface area contributed by atoms with Crippen LogP contribution < -0.4 is 0 Å². The van der Waals surface area contributed by atoms with Crippen LogP contribution in [0.25, 0.3) is 0 Å². The Kier molecular flexibility index (Phi) is 5.45. The highest BCUT2D eigenvalue weighted by Crippen LogP contribution is 2.55. The molecule has 0 saturated heterocycles. The molecule has 1 fully saturated rings. The molecule has 0 aliphatic heterocycles. The van der Waals surface area contributed by atoms with Crippen LogP contribution in [0.15, 0.2) is 18.2 Å². The van der Waals surface area contributed by atoms with Crippen molar-refractivity contribution >= 4 is 5.97 Å². The smallest absolute Gasteiger partial charge is 0.337 e. The molecule has 0 radical (unpaired) electrons. The topological polar surface area (TPSA) is 66.8 Å². The summed E-state index contributed by atoms with van der Waals surface area (Å²) in [5, 5.41) is 21.8. The fourth-order valence-electron chi connectivity index (χ4n) is 5.55. The first-order valence-corrected chi connectivity index (χ1v) is 10.0. The molecule has 4 heteroatoms. The standard InChI is InChI=1S/C22H32O4/c1-4-10-21(25)11-12-22(5-2)16(14-21)7-9-19(23)17-13-15(20(24)26-3)6-8-18(17)22/h6,8,13,16,19,23,25H,4-5,7,9-12,14H2,1-3H3/t16-,19?,21+,22?/m0/s1. The average Bonchev–Trinajstić information content (AvgIpc) is 2.76. The number of aliphatic hydroxyl groups excluding tert-OH is 1. The van der Waals surface area contributed by atoms with Crippen LogP contribution in [-0.4, -0.2) is 28.9 Å². The van der Waals surface area contributed by atoms with E-state index in [4.69, 9.17) is 4.74 Å². The third-order valence-electron chi connectivity index (χ3n) is 6.95. The summed E-state index contributed by atoms with van der Waals surface area (Å²) in [5.74, 6) is -0.00927. The van der Waals surface area contributed by atoms with E-state index in [-0.39, 0.29) is 11.4 Å². The zero-order chi connectivity index (χ0) is 18.9. The fourth-order valence-corrected chi connectivity index (χ4v) is 5.55. The number of aliphatic hydroxyl groups is 2. The van der Waals surface area contributed by atoms with Gasteiger partial charge in [0, 0.05) is 0 Å². The molecular weight excluding hydrogens is 328 g/mol. The van der Waals surface area contributed by atoms with E-state index in [1.807, 2.05) is 18.2 Å². The van der Waals surface area contributed by atoms with Gasteiger partial charge in [0.1, 0.15) is 0 Å². The van der Waals surface area contributed by atoms with E-state index in [2.05, 4.69) is 13.8 Å². The SMILES string of the molecule is CCC[C@@]1(O)CCC2(CC)c3ccc(C(=O)OC)cc3C(O)CC[C@H]2C1. The van der Waals surface area contributed by atoms with Crippen molar-refractivity contribution in [3.05, 3.63) is 34.9 Å². The maximum absolute atomic E-state index is 11.9. The maximum Gasteiger partial charge on any atom is 0.337 e. The molecule has 0 bridgehead atoms. The van der Waals surface area contributed by atoms with E-state index in [1.54, 1.807) is 0 Å². The molecule has 4 nitrogen and oxygen atoms in total. The number of hydrogen-bond acceptors (Lipinski definition) is 4. The van der Waals surface area contributed by atoms with Gasteiger partial charge in [-0.05, 0) is 79.5 Å². The molecule has 2 N–H and O–H groups in total. The van der Waals surface area contributed by atoms with Crippen LogP contribution in [0.4, 0.5) is 0 Å². The van der Waals surface area contributed by atoms with Gasteiger partial charge < -0.3 is 14.9 Å². The molecular formula is C22H32O4. The third kappa shape index (κ3) is 3.18. The van der Waals surface area contributed by atoms with E-state index in [0.29, 0.717) is 17.9 Å². The van der Waals surface area contributed by atoms with Gasteiger partial charge in [-0.3, -0.25) is 0 Å². The summed E-state index contributed by atoms with van der Waals surface area (Å²) in [6.45, 7) is 4.34. The minimum atomic E-state index is -0.570. The number of fused-ring (bicyclic) bond motifs is 3. The molecule has 0 heterocycles. The highest BCUT2D eigenvalue weighted by Gasteiger charge is 2.50. The Morgan fingerprint density at radius 2 is 2.04 bits per heavy atom. The molecule has 26 heavy (non-hydrogen) atoms. The third-order valence-corrected chi connectivity index (χ3v) is 6.95. The Labute approximate surface area is 156 Å². The molecule has 2 aliphatic carbocycles. The molecule has 1 saturated carbocycles. The summed E-state index contributed by atoms with van der Waals surface area (Å²) in [5.41, 5.74) is 1.94. The van der Waals surface area contributed by atoms with Crippen LogP contribution in [0.5, 0.6) is 0 Å². The van der Waals surface area contributed by atoms with Crippen LogP contribution in [0.1, 0.15) is 92.8 Å². The number of rotatable bonds is 4. The highest BCUT2D eigenvalue weighted by molar-refractivity contribution is 5.89. The van der Waals surface area contributed by atoms with Crippen molar-refractivity contribution in [1.29, 1.82) is 0 Å². The van der Waals surface area contributed by atoms with Crippen molar-refractivity contribution < 1.29 is 19.7 Å². The van der Waals surface area contributed by atoms with E-state index in [9.17, 15) is 15.0 Å². The molecule has 4 atom stereocenters. The average molecular weight is 360 g/mol. The van der Waals surface area contributed by atoms with Gasteiger partial charge in [0.2, 0.25) is 0 Å². The monoisotopic (exact) mass is 360 g/mol. The van der Waals surface area contributed by atoms with Crippen molar-refractivity contribution in [1.82, 2.24) is 0 Å². The van der Waals surface area contributed by atoms with Gasteiger partial charge in [-0.2, -0.15) is 0 Å². The quantitative estimate of drug-likeness (QED) is 0.787. The largest absolute Gasteiger partial charge is 0.465 e. The van der Waals surface area contributed by atoms with Gasteiger partial charge >= 0.3 is 5.97 Å². The lowest BCUT2D eigenvalue weighted by molar-refractivity contribution is -0.0549. The minimum Gasteiger partial charge on any atom is -0.465 e. The number of ether oxygens (including phenoxy) is 1. The van der Waals surface area contributed by atoms with Gasteiger partial charge in [-0.15, -0.1) is 0 Å². The number of carbonyl (C=O) groups excluding carboxylic acids is 1. The lowest BCUT2D eigenvalue weighted by Gasteiger charge is -2.50. The second kappa shape index (κ2) is 7.32. The Morgan fingerprint density at radius 3 is 2.69 bits per heavy atom. The van der Waals surface area contributed by atoms with E-state index >= 15 is 0 Å². The normalized spacial score (nSPS) is 33.7. The summed E-state index contributed by atoms with van der Waals surface area (Å²) in [4.78, 5) is 11.9. The van der Waals surface area contributed by atoms with Crippen molar-refractivity contribution in [3.63, 3.8) is 0 Å². The van der Waals surface area contributed by atoms with Crippen molar-refractivity contribution in [2.24, 2.45) is 5.92 Å². The summed E-state index contributed by atoms with van der Waals surface area (Å²) in [6, 6.07) is 5.67. The molecule has 2 unspecified atom stereocenters. The minimum absolute atomic E-state index is 0.0264. The van der Waals surface area contributed by atoms with Crippen LogP contribution in [0.3, 0.4) is 0 Å². The summed E-state index contributed by atoms with van der Waals surface area (Å²) >= 11 is 0. The molecule has 0 spiro atoms. The van der Waals surface area contributed by atoms with E-state index in [0.717, 1.165) is 50.5 Å². The summed E-state index contributed by atoms with van der Waals surface area (Å²) < 4.78 is 4.85. The van der Waals surface area contributed by atoms with Gasteiger partial charge in [0.25, 0.3) is 0 Å². The lowest BCUT2D eigenvalue weighted by atomic mass is 9.56. The number of hydrogen-bond donors (Lipinski definition) is 2. The molecule has 3 rings (SSSR count). The Balaban J connectivity index is 2.05. The molecule has 1 aromatic rings. The molecule has 144 valence electrons. The van der Waals surface area contributed by atoms with Gasteiger partial charge in [-0.1, -0.05) is 26.3 Å². The first-order chi connectivity index (χ1) is 12.4. The molecule has 0 aromatic heterocycles. The van der Waals surface area contributed by atoms with Crippen molar-refractivity contribution in [3.8, 4) is 0 Å². The maximum atomic E-state index is 11.9. The predicted octanol–water partition coefficient (Wildman–Crippen LogP) is 4.28. The van der Waals surface area contributed by atoms with E-state index < -0.39 is 11.7 Å². The second-order valence-corrected chi connectivity index (χ2v) is 8.27. The molecule has 0 amide bonds. The molecule has 1 aromatic carbocycles. The Hall–Kier alpha value is -1.39.